The Kier molecular flexibility index (Phi) is 8.19. The molecular weight excluding hydrogens is 703 g/mol. The normalized spacial score (nSPS) is 11.4. The lowest BCUT2D eigenvalue weighted by molar-refractivity contribution is 0.669. The number of furan rings is 1. The SMILES string of the molecule is c1ccc(-c2ccc(N(c3ccc(-c4ccc5ccccc5c4)cc3)c3ccc(-c4ccc5ccc6oc7cccc(-c8ccccc8)c7c6c5c4)cc3)cc2)cc1. The van der Waals surface area contributed by atoms with Crippen molar-refractivity contribution >= 4 is 60.5 Å². The molecule has 2 nitrogen and oxygen atoms in total. The molecule has 0 spiro atoms. The topological polar surface area (TPSA) is 16.4 Å². The number of rotatable bonds is 7. The van der Waals surface area contributed by atoms with E-state index < -0.39 is 0 Å². The molecule has 1 aromatic heterocycles. The first-order chi connectivity index (χ1) is 28.7. The summed E-state index contributed by atoms with van der Waals surface area (Å²) in [6.45, 7) is 0. The number of fused-ring (bicyclic) bond motifs is 6. The van der Waals surface area contributed by atoms with Crippen LogP contribution >= 0.6 is 0 Å². The minimum Gasteiger partial charge on any atom is -0.456 e. The van der Waals surface area contributed by atoms with Gasteiger partial charge in [-0.3, -0.25) is 0 Å². The van der Waals surface area contributed by atoms with Gasteiger partial charge in [0.25, 0.3) is 0 Å². The quantitative estimate of drug-likeness (QED) is 0.162. The van der Waals surface area contributed by atoms with Crippen LogP contribution in [0.15, 0.2) is 229 Å². The maximum Gasteiger partial charge on any atom is 0.136 e. The molecule has 0 saturated carbocycles. The van der Waals surface area contributed by atoms with E-state index in [-0.39, 0.29) is 0 Å². The largest absolute Gasteiger partial charge is 0.456 e. The van der Waals surface area contributed by atoms with Gasteiger partial charge in [-0.2, -0.15) is 0 Å². The van der Waals surface area contributed by atoms with Crippen molar-refractivity contribution in [3.05, 3.63) is 224 Å². The highest BCUT2D eigenvalue weighted by Crippen LogP contribution is 2.42. The lowest BCUT2D eigenvalue weighted by atomic mass is 9.95. The Hall–Kier alpha value is -7.68. The van der Waals surface area contributed by atoms with Crippen molar-refractivity contribution in [2.45, 2.75) is 0 Å². The summed E-state index contributed by atoms with van der Waals surface area (Å²) >= 11 is 0. The molecule has 0 amide bonds. The first-order valence-corrected chi connectivity index (χ1v) is 19.8. The van der Waals surface area contributed by atoms with E-state index in [0.717, 1.165) is 50.1 Å². The van der Waals surface area contributed by atoms with E-state index >= 15 is 0 Å². The van der Waals surface area contributed by atoms with Crippen LogP contribution in [0.5, 0.6) is 0 Å². The van der Waals surface area contributed by atoms with E-state index in [4.69, 9.17) is 4.42 Å². The fraction of sp³-hybridized carbons (Fsp3) is 0. The monoisotopic (exact) mass is 739 g/mol. The van der Waals surface area contributed by atoms with E-state index in [0.29, 0.717) is 0 Å². The number of hydrogen-bond acceptors (Lipinski definition) is 2. The fourth-order valence-electron chi connectivity index (χ4n) is 8.53. The minimum atomic E-state index is 0.902. The van der Waals surface area contributed by atoms with Gasteiger partial charge in [0.05, 0.1) is 0 Å². The summed E-state index contributed by atoms with van der Waals surface area (Å²) in [5.74, 6) is 0. The Morgan fingerprint density at radius 3 is 1.38 bits per heavy atom. The van der Waals surface area contributed by atoms with Gasteiger partial charge in [-0.15, -0.1) is 0 Å². The minimum absolute atomic E-state index is 0.902. The molecule has 0 N–H and O–H groups in total. The lowest BCUT2D eigenvalue weighted by Gasteiger charge is -2.26. The molecule has 0 atom stereocenters. The van der Waals surface area contributed by atoms with Gasteiger partial charge < -0.3 is 9.32 Å². The molecule has 1 heterocycles. The van der Waals surface area contributed by atoms with Gasteiger partial charge in [0.15, 0.2) is 0 Å². The van der Waals surface area contributed by atoms with Crippen molar-refractivity contribution < 1.29 is 4.42 Å². The van der Waals surface area contributed by atoms with Crippen LogP contribution in [0.4, 0.5) is 17.1 Å². The van der Waals surface area contributed by atoms with Crippen LogP contribution in [0.25, 0.3) is 88.0 Å². The Morgan fingerprint density at radius 1 is 0.276 bits per heavy atom. The maximum atomic E-state index is 6.47. The van der Waals surface area contributed by atoms with Crippen molar-refractivity contribution in [1.82, 2.24) is 0 Å². The standard InChI is InChI=1S/C56H37NO/c1-3-10-38(11-4-1)40-22-29-48(30-23-40)57(49-31-24-41(25-32-49)46-20-18-39-12-7-8-15-45(39)36-46)50-33-26-42(27-34-50)47-21-19-44-28-35-54-56(52(44)37-47)55-51(16-9-17-53(55)58-54)43-13-5-2-6-14-43/h1-37H. The molecule has 0 radical (unpaired) electrons. The summed E-state index contributed by atoms with van der Waals surface area (Å²) in [5.41, 5.74) is 14.6. The van der Waals surface area contributed by atoms with Crippen LogP contribution in [0.3, 0.4) is 0 Å². The average molecular weight is 740 g/mol. The Labute approximate surface area is 337 Å². The maximum absolute atomic E-state index is 6.47. The number of anilines is 3. The first kappa shape index (κ1) is 33.6. The highest BCUT2D eigenvalue weighted by atomic mass is 16.3. The lowest BCUT2D eigenvalue weighted by Crippen LogP contribution is -2.09. The van der Waals surface area contributed by atoms with Gasteiger partial charge >= 0.3 is 0 Å². The van der Waals surface area contributed by atoms with Gasteiger partial charge in [0, 0.05) is 27.8 Å². The Balaban J connectivity index is 0.987. The molecule has 58 heavy (non-hydrogen) atoms. The second-order valence-corrected chi connectivity index (χ2v) is 14.9. The van der Waals surface area contributed by atoms with Crippen molar-refractivity contribution in [1.29, 1.82) is 0 Å². The highest BCUT2D eigenvalue weighted by molar-refractivity contribution is 6.23. The second kappa shape index (κ2) is 14.1. The Bertz CT molecular complexity index is 3240. The number of nitrogens with zero attached hydrogens (tertiary/aromatic N) is 1. The van der Waals surface area contributed by atoms with Crippen molar-refractivity contribution in [3.8, 4) is 44.5 Å². The smallest absolute Gasteiger partial charge is 0.136 e. The number of benzene rings is 10. The molecule has 0 bridgehead atoms. The molecule has 0 aliphatic heterocycles. The summed E-state index contributed by atoms with van der Waals surface area (Å²) in [4.78, 5) is 2.34. The summed E-state index contributed by atoms with van der Waals surface area (Å²) in [7, 11) is 0. The summed E-state index contributed by atoms with van der Waals surface area (Å²) in [5, 5.41) is 7.18. The third-order valence-corrected chi connectivity index (χ3v) is 11.5. The molecule has 0 fully saturated rings. The predicted molar refractivity (Wildman–Crippen MR) is 245 cm³/mol. The third-order valence-electron chi connectivity index (χ3n) is 11.5. The van der Waals surface area contributed by atoms with E-state index in [2.05, 4.69) is 229 Å². The van der Waals surface area contributed by atoms with E-state index in [1.807, 2.05) is 0 Å². The molecular formula is C56H37NO. The molecule has 11 rings (SSSR count). The molecule has 0 saturated heterocycles. The molecule has 272 valence electrons. The van der Waals surface area contributed by atoms with E-state index in [9.17, 15) is 0 Å². The summed E-state index contributed by atoms with van der Waals surface area (Å²) in [6.07, 6.45) is 0. The van der Waals surface area contributed by atoms with Gasteiger partial charge in [0.2, 0.25) is 0 Å². The average Bonchev–Trinajstić information content (AvgIpc) is 3.70. The van der Waals surface area contributed by atoms with Crippen LogP contribution in [0, 0.1) is 0 Å². The highest BCUT2D eigenvalue weighted by Gasteiger charge is 2.17. The van der Waals surface area contributed by atoms with Crippen LogP contribution in [0.1, 0.15) is 0 Å². The molecule has 0 aliphatic rings. The van der Waals surface area contributed by atoms with Gasteiger partial charge in [-0.25, -0.2) is 0 Å². The summed E-state index contributed by atoms with van der Waals surface area (Å²) in [6, 6.07) is 80.6. The van der Waals surface area contributed by atoms with Gasteiger partial charge in [-0.1, -0.05) is 164 Å². The molecule has 10 aromatic carbocycles. The second-order valence-electron chi connectivity index (χ2n) is 14.9. The third kappa shape index (κ3) is 6.00. The van der Waals surface area contributed by atoms with Crippen LogP contribution < -0.4 is 4.90 Å². The van der Waals surface area contributed by atoms with Crippen molar-refractivity contribution in [2.75, 3.05) is 4.90 Å². The van der Waals surface area contributed by atoms with Gasteiger partial charge in [0.1, 0.15) is 11.2 Å². The molecule has 0 aliphatic carbocycles. The Morgan fingerprint density at radius 2 is 0.741 bits per heavy atom. The summed E-state index contributed by atoms with van der Waals surface area (Å²) < 4.78 is 6.47. The fourth-order valence-corrected chi connectivity index (χ4v) is 8.53. The van der Waals surface area contributed by atoms with E-state index in [1.54, 1.807) is 0 Å². The zero-order valence-electron chi connectivity index (χ0n) is 31.7. The van der Waals surface area contributed by atoms with Crippen molar-refractivity contribution in [3.63, 3.8) is 0 Å². The first-order valence-electron chi connectivity index (χ1n) is 19.8. The zero-order chi connectivity index (χ0) is 38.4. The molecule has 0 unspecified atom stereocenters. The molecule has 2 heteroatoms. The predicted octanol–water partition coefficient (Wildman–Crippen LogP) is 16.0. The van der Waals surface area contributed by atoms with Crippen LogP contribution in [-0.2, 0) is 0 Å². The van der Waals surface area contributed by atoms with Crippen LogP contribution in [-0.4, -0.2) is 0 Å². The molecule has 11 aromatic rings. The van der Waals surface area contributed by atoms with Crippen molar-refractivity contribution in [2.24, 2.45) is 0 Å². The van der Waals surface area contributed by atoms with Crippen LogP contribution in [0.2, 0.25) is 0 Å². The number of hydrogen-bond donors (Lipinski definition) is 0. The zero-order valence-corrected chi connectivity index (χ0v) is 31.7. The van der Waals surface area contributed by atoms with Gasteiger partial charge in [-0.05, 0) is 127 Å². The van der Waals surface area contributed by atoms with E-state index in [1.165, 1.54) is 54.9 Å².